The molecule has 0 N–H and O–H groups in total. The monoisotopic (exact) mass is 600 g/mol. The summed E-state index contributed by atoms with van der Waals surface area (Å²) in [5.74, 6) is 0. The van der Waals surface area contributed by atoms with E-state index < -0.39 is 0 Å². The molecule has 0 atom stereocenters. The standard InChI is InChI=1S/C23H29.C5H5.C5H10.2ClH.Zr/c1-14-9-16-11-17-10-15(2)21(23(6,7)8)13-19(17)18(16)12-20(14)22(3,4)5;1-2-4-5-3-1;1-3-5-4-2;;;/h9-13H,1-8H3;1-3H,4H2;1H,3-5H2,2H3;2*1H;/q2*-1;;;;+2/p-2. The first-order valence-electron chi connectivity index (χ1n) is 12.8. The van der Waals surface area contributed by atoms with Gasteiger partial charge in [-0.3, -0.25) is 6.08 Å². The molecule has 196 valence electrons. The summed E-state index contributed by atoms with van der Waals surface area (Å²) in [6.07, 6.45) is 14.0. The molecule has 1 aliphatic carbocycles. The minimum Gasteiger partial charge on any atom is -1.00 e. The van der Waals surface area contributed by atoms with Crippen molar-refractivity contribution in [3.05, 3.63) is 76.9 Å². The predicted octanol–water partition coefficient (Wildman–Crippen LogP) is 3.76. The Labute approximate surface area is 248 Å². The van der Waals surface area contributed by atoms with Crippen molar-refractivity contribution in [2.45, 2.75) is 98.8 Å². The van der Waals surface area contributed by atoms with Gasteiger partial charge in [0.25, 0.3) is 0 Å². The van der Waals surface area contributed by atoms with Gasteiger partial charge in [0.05, 0.1) is 0 Å². The molecule has 0 radical (unpaired) electrons. The van der Waals surface area contributed by atoms with E-state index in [9.17, 15) is 0 Å². The van der Waals surface area contributed by atoms with Crippen LogP contribution in [-0.2, 0) is 35.1 Å². The van der Waals surface area contributed by atoms with Gasteiger partial charge in [0.2, 0.25) is 0 Å². The molecule has 3 aromatic carbocycles. The molecule has 3 aromatic rings. The Kier molecular flexibility index (Phi) is 15.1. The predicted molar refractivity (Wildman–Crippen MR) is 151 cm³/mol. The van der Waals surface area contributed by atoms with Crippen LogP contribution in [0.3, 0.4) is 0 Å². The van der Waals surface area contributed by atoms with E-state index in [1.807, 2.05) is 12.2 Å². The van der Waals surface area contributed by atoms with Crippen molar-refractivity contribution in [3.8, 4) is 0 Å². The number of halogens is 2. The second-order valence-electron chi connectivity index (χ2n) is 11.5. The normalized spacial score (nSPS) is 12.3. The maximum Gasteiger partial charge on any atom is -0.0142 e. The fourth-order valence-corrected chi connectivity index (χ4v) is 5.10. The van der Waals surface area contributed by atoms with Crippen LogP contribution in [0.5, 0.6) is 0 Å². The molecule has 0 aromatic heterocycles. The van der Waals surface area contributed by atoms with Gasteiger partial charge in [0, 0.05) is 0 Å². The van der Waals surface area contributed by atoms with Crippen molar-refractivity contribution in [3.63, 3.8) is 0 Å². The van der Waals surface area contributed by atoms with Crippen molar-refractivity contribution in [2.75, 3.05) is 0 Å². The minimum atomic E-state index is 0. The summed E-state index contributed by atoms with van der Waals surface area (Å²) in [6.45, 7) is 20.5. The van der Waals surface area contributed by atoms with Crippen LogP contribution in [0.15, 0.2) is 48.6 Å². The second-order valence-corrected chi connectivity index (χ2v) is 12.5. The van der Waals surface area contributed by atoms with E-state index in [4.69, 9.17) is 0 Å². The van der Waals surface area contributed by atoms with Crippen molar-refractivity contribution in [1.82, 2.24) is 0 Å². The quantitative estimate of drug-likeness (QED) is 0.317. The Morgan fingerprint density at radius 1 is 0.861 bits per heavy atom. The van der Waals surface area contributed by atoms with Gasteiger partial charge in [0.1, 0.15) is 0 Å². The third kappa shape index (κ3) is 9.78. The van der Waals surface area contributed by atoms with E-state index in [0.29, 0.717) is 0 Å². The molecule has 4 rings (SSSR count). The molecule has 0 unspecified atom stereocenters. The molecule has 0 bridgehead atoms. The summed E-state index contributed by atoms with van der Waals surface area (Å²) in [4.78, 5) is 0. The molecule has 0 nitrogen and oxygen atoms in total. The van der Waals surface area contributed by atoms with Crippen molar-refractivity contribution in [1.29, 1.82) is 0 Å². The summed E-state index contributed by atoms with van der Waals surface area (Å²) in [7, 11) is 0. The molecule has 0 amide bonds. The first-order valence-corrected chi connectivity index (χ1v) is 14.2. The molecule has 0 fully saturated rings. The maximum atomic E-state index is 2.99. The van der Waals surface area contributed by atoms with Crippen molar-refractivity contribution in [2.24, 2.45) is 0 Å². The fraction of sp³-hybridized carbons (Fsp3) is 0.455. The van der Waals surface area contributed by atoms with Gasteiger partial charge in [-0.05, 0) is 24.7 Å². The van der Waals surface area contributed by atoms with Crippen LogP contribution in [0.4, 0.5) is 0 Å². The Morgan fingerprint density at radius 2 is 1.33 bits per heavy atom. The van der Waals surface area contributed by atoms with Crippen LogP contribution >= 0.6 is 0 Å². The maximum absolute atomic E-state index is 2.99. The van der Waals surface area contributed by atoms with Gasteiger partial charge in [-0.2, -0.15) is 6.08 Å². The number of fused-ring (bicyclic) bond motifs is 3. The zero-order valence-corrected chi connectivity index (χ0v) is 27.8. The fourth-order valence-electron chi connectivity index (χ4n) is 4.60. The molecule has 0 heterocycles. The van der Waals surface area contributed by atoms with Crippen LogP contribution < -0.4 is 24.8 Å². The summed E-state index contributed by atoms with van der Waals surface area (Å²) in [5, 5.41) is 5.55. The van der Waals surface area contributed by atoms with Crippen LogP contribution in [0, 0.1) is 19.9 Å². The average Bonchev–Trinajstić information content (AvgIpc) is 3.41. The molecule has 36 heavy (non-hydrogen) atoms. The van der Waals surface area contributed by atoms with Gasteiger partial charge in [-0.1, -0.05) is 75.9 Å². The molecular weight excluding hydrogens is 558 g/mol. The molecule has 0 saturated carbocycles. The molecule has 1 aliphatic rings. The molecular formula is C33H44Cl2Zr-2. The third-order valence-electron chi connectivity index (χ3n) is 6.30. The Morgan fingerprint density at radius 3 is 1.58 bits per heavy atom. The zero-order valence-electron chi connectivity index (χ0n) is 23.8. The second kappa shape index (κ2) is 15.5. The number of allylic oxidation sites excluding steroid dienone is 4. The number of aryl methyl sites for hydroxylation is 2. The van der Waals surface area contributed by atoms with E-state index in [-0.39, 0.29) is 35.6 Å². The summed E-state index contributed by atoms with van der Waals surface area (Å²) in [5.41, 5.74) is 6.06. The van der Waals surface area contributed by atoms with Crippen LogP contribution in [-0.4, -0.2) is 3.71 Å². The number of rotatable bonds is 3. The largest absolute Gasteiger partial charge is 1.00 e. The van der Waals surface area contributed by atoms with E-state index in [1.165, 1.54) is 63.1 Å². The molecule has 0 aliphatic heterocycles. The first kappa shape index (κ1) is 35.1. The van der Waals surface area contributed by atoms with Gasteiger partial charge in [-0.15, -0.1) is 46.2 Å². The van der Waals surface area contributed by atoms with E-state index in [2.05, 4.69) is 109 Å². The van der Waals surface area contributed by atoms with Gasteiger partial charge < -0.3 is 24.8 Å². The number of hydrogen-bond donors (Lipinski definition) is 0. The minimum absolute atomic E-state index is 0. The number of hydrogen-bond acceptors (Lipinski definition) is 0. The summed E-state index contributed by atoms with van der Waals surface area (Å²) >= 11 is 1.57. The van der Waals surface area contributed by atoms with Gasteiger partial charge >= 0.3 is 54.1 Å². The smallest absolute Gasteiger partial charge is 0.0142 e. The number of benzene rings is 2. The van der Waals surface area contributed by atoms with E-state index >= 15 is 0 Å². The SMILES string of the molecule is CCCC[CH]=[Zr+2].Cc1cc2[cH-]c3cc(C)c(C(C)(C)C)cc3c2cc1C(C)(C)C.[C-]1=CC=CC1.[Cl-].[Cl-]. The van der Waals surface area contributed by atoms with Crippen LogP contribution in [0.25, 0.3) is 21.5 Å². The first-order chi connectivity index (χ1) is 15.9. The van der Waals surface area contributed by atoms with Crippen molar-refractivity contribution < 1.29 is 49.0 Å². The Balaban J connectivity index is 0.000000788. The number of unbranched alkanes of at least 4 members (excludes halogenated alkanes) is 2. The van der Waals surface area contributed by atoms with E-state index in [0.717, 1.165) is 6.42 Å². The summed E-state index contributed by atoms with van der Waals surface area (Å²) in [6, 6.07) is 11.9. The zero-order chi connectivity index (χ0) is 25.5. The molecule has 0 saturated heterocycles. The Hall–Kier alpha value is -0.877. The van der Waals surface area contributed by atoms with Gasteiger partial charge in [0.15, 0.2) is 0 Å². The Bertz CT molecular complexity index is 1080. The van der Waals surface area contributed by atoms with Crippen LogP contribution in [0.2, 0.25) is 0 Å². The topological polar surface area (TPSA) is 0 Å². The van der Waals surface area contributed by atoms with Gasteiger partial charge in [-0.25, -0.2) is 12.2 Å². The van der Waals surface area contributed by atoms with Crippen molar-refractivity contribution >= 4 is 25.3 Å². The molecule has 0 spiro atoms. The van der Waals surface area contributed by atoms with E-state index in [1.54, 1.807) is 24.2 Å². The molecule has 3 heteroatoms. The average molecular weight is 603 g/mol. The summed E-state index contributed by atoms with van der Waals surface area (Å²) < 4.78 is 2.30. The third-order valence-corrected chi connectivity index (χ3v) is 7.01. The van der Waals surface area contributed by atoms with Crippen LogP contribution in [0.1, 0.15) is 96.4 Å².